The van der Waals surface area contributed by atoms with Crippen LogP contribution in [0.4, 0.5) is 0 Å². The molecule has 0 radical (unpaired) electrons. The lowest BCUT2D eigenvalue weighted by atomic mass is 10.2. The highest BCUT2D eigenvalue weighted by atomic mass is 16.5. The van der Waals surface area contributed by atoms with Crippen LogP contribution in [0.15, 0.2) is 72.8 Å². The second-order valence-electron chi connectivity index (χ2n) is 4.78. The summed E-state index contributed by atoms with van der Waals surface area (Å²) >= 11 is 0. The van der Waals surface area contributed by atoms with Crippen molar-refractivity contribution in [2.75, 3.05) is 26.4 Å². The third kappa shape index (κ3) is 7.02. The van der Waals surface area contributed by atoms with Crippen molar-refractivity contribution in [3.8, 4) is 0 Å². The Morgan fingerprint density at radius 2 is 1.00 bits per heavy atom. The Balaban J connectivity index is 1.48. The lowest BCUT2D eigenvalue weighted by Crippen LogP contribution is -2.04. The van der Waals surface area contributed by atoms with Crippen molar-refractivity contribution in [1.29, 1.82) is 0 Å². The summed E-state index contributed by atoms with van der Waals surface area (Å²) in [5.41, 5.74) is 2.38. The quantitative estimate of drug-likeness (QED) is 0.636. The van der Waals surface area contributed by atoms with Gasteiger partial charge in [-0.2, -0.15) is 0 Å². The molecule has 2 rings (SSSR count). The van der Waals surface area contributed by atoms with E-state index in [1.807, 2.05) is 48.6 Å². The van der Waals surface area contributed by atoms with Crippen LogP contribution < -0.4 is 0 Å². The van der Waals surface area contributed by atoms with Crippen molar-refractivity contribution in [2.45, 2.75) is 0 Å². The van der Waals surface area contributed by atoms with Crippen LogP contribution in [0.5, 0.6) is 0 Å². The molecule has 0 saturated carbocycles. The van der Waals surface area contributed by atoms with Crippen molar-refractivity contribution in [3.63, 3.8) is 0 Å². The van der Waals surface area contributed by atoms with Gasteiger partial charge in [0.1, 0.15) is 0 Å². The molecule has 0 spiro atoms. The maximum absolute atomic E-state index is 5.48. The lowest BCUT2D eigenvalue weighted by Gasteiger charge is -2.01. The zero-order chi connectivity index (χ0) is 15.3. The van der Waals surface area contributed by atoms with Crippen molar-refractivity contribution in [1.82, 2.24) is 0 Å². The first-order chi connectivity index (χ1) is 10.9. The van der Waals surface area contributed by atoms with E-state index in [4.69, 9.17) is 9.47 Å². The average molecular weight is 294 g/mol. The van der Waals surface area contributed by atoms with Crippen molar-refractivity contribution in [2.24, 2.45) is 0 Å². The Morgan fingerprint density at radius 1 is 0.591 bits per heavy atom. The minimum Gasteiger partial charge on any atom is -0.375 e. The summed E-state index contributed by atoms with van der Waals surface area (Å²) in [5.74, 6) is 0. The van der Waals surface area contributed by atoms with E-state index in [1.165, 1.54) is 11.1 Å². The van der Waals surface area contributed by atoms with Crippen LogP contribution >= 0.6 is 0 Å². The van der Waals surface area contributed by atoms with Gasteiger partial charge in [0.25, 0.3) is 0 Å². The maximum atomic E-state index is 5.48. The van der Waals surface area contributed by atoms with Crippen LogP contribution in [0.1, 0.15) is 11.1 Å². The van der Waals surface area contributed by atoms with Gasteiger partial charge >= 0.3 is 0 Å². The molecular formula is C20H22O2. The maximum Gasteiger partial charge on any atom is 0.0704 e. The van der Waals surface area contributed by atoms with Crippen LogP contribution in [-0.2, 0) is 9.47 Å². The molecule has 2 aromatic rings. The Labute approximate surface area is 132 Å². The van der Waals surface area contributed by atoms with Crippen LogP contribution in [0.2, 0.25) is 0 Å². The standard InChI is InChI=1S/C20H22O2/c1-3-9-19(10-4-1)13-7-15-21-17-18-22-16-8-14-20-11-5-2-6-12-20/h1-14H,15-18H2. The molecule has 0 atom stereocenters. The number of benzene rings is 2. The van der Waals surface area contributed by atoms with Crippen molar-refractivity contribution < 1.29 is 9.47 Å². The summed E-state index contributed by atoms with van der Waals surface area (Å²) in [7, 11) is 0. The van der Waals surface area contributed by atoms with E-state index in [1.54, 1.807) is 0 Å². The van der Waals surface area contributed by atoms with Gasteiger partial charge in [0.05, 0.1) is 26.4 Å². The highest BCUT2D eigenvalue weighted by Crippen LogP contribution is 2.01. The molecule has 0 aliphatic rings. The fraction of sp³-hybridized carbons (Fsp3) is 0.200. The molecule has 0 fully saturated rings. The van der Waals surface area contributed by atoms with E-state index in [0.717, 1.165) is 0 Å². The molecule has 0 N–H and O–H groups in total. The Kier molecular flexibility index (Phi) is 7.78. The largest absolute Gasteiger partial charge is 0.375 e. The van der Waals surface area contributed by atoms with Gasteiger partial charge in [-0.1, -0.05) is 85.0 Å². The van der Waals surface area contributed by atoms with Crippen molar-refractivity contribution in [3.05, 3.63) is 83.9 Å². The normalized spacial score (nSPS) is 11.5. The van der Waals surface area contributed by atoms with Gasteiger partial charge in [0.15, 0.2) is 0 Å². The van der Waals surface area contributed by atoms with E-state index in [0.29, 0.717) is 26.4 Å². The molecule has 0 heterocycles. The van der Waals surface area contributed by atoms with E-state index in [2.05, 4.69) is 36.4 Å². The Hall–Kier alpha value is -2.16. The number of rotatable bonds is 9. The molecule has 2 aromatic carbocycles. The van der Waals surface area contributed by atoms with E-state index < -0.39 is 0 Å². The highest BCUT2D eigenvalue weighted by Gasteiger charge is 1.87. The molecular weight excluding hydrogens is 272 g/mol. The van der Waals surface area contributed by atoms with E-state index in [9.17, 15) is 0 Å². The van der Waals surface area contributed by atoms with Crippen LogP contribution in [0.25, 0.3) is 12.2 Å². The Morgan fingerprint density at radius 3 is 1.41 bits per heavy atom. The van der Waals surface area contributed by atoms with E-state index in [-0.39, 0.29) is 0 Å². The van der Waals surface area contributed by atoms with E-state index >= 15 is 0 Å². The number of hydrogen-bond donors (Lipinski definition) is 0. The molecule has 0 amide bonds. The first-order valence-electron chi connectivity index (χ1n) is 7.54. The van der Waals surface area contributed by atoms with Gasteiger partial charge in [0.2, 0.25) is 0 Å². The summed E-state index contributed by atoms with van der Waals surface area (Å²) in [4.78, 5) is 0. The molecule has 0 unspecified atom stereocenters. The second-order valence-corrected chi connectivity index (χ2v) is 4.78. The third-order valence-electron chi connectivity index (χ3n) is 3.02. The third-order valence-corrected chi connectivity index (χ3v) is 3.02. The molecule has 0 aliphatic carbocycles. The van der Waals surface area contributed by atoms with Gasteiger partial charge in [0, 0.05) is 0 Å². The predicted molar refractivity (Wildman–Crippen MR) is 92.6 cm³/mol. The van der Waals surface area contributed by atoms with Crippen LogP contribution in [0, 0.1) is 0 Å². The minimum absolute atomic E-state index is 0.609. The molecule has 22 heavy (non-hydrogen) atoms. The topological polar surface area (TPSA) is 18.5 Å². The first kappa shape index (κ1) is 16.2. The molecule has 0 bridgehead atoms. The lowest BCUT2D eigenvalue weighted by molar-refractivity contribution is 0.0712. The van der Waals surface area contributed by atoms with Crippen LogP contribution in [0.3, 0.4) is 0 Å². The van der Waals surface area contributed by atoms with Gasteiger partial charge in [-0.05, 0) is 11.1 Å². The van der Waals surface area contributed by atoms with Gasteiger partial charge in [-0.3, -0.25) is 0 Å². The number of ether oxygens (including phenoxy) is 2. The fourth-order valence-electron chi connectivity index (χ4n) is 1.92. The molecule has 0 saturated heterocycles. The van der Waals surface area contributed by atoms with Gasteiger partial charge in [-0.15, -0.1) is 0 Å². The Bertz CT molecular complexity index is 505. The summed E-state index contributed by atoms with van der Waals surface area (Å²) in [5, 5.41) is 0. The zero-order valence-corrected chi connectivity index (χ0v) is 12.7. The summed E-state index contributed by atoms with van der Waals surface area (Å²) < 4.78 is 11.0. The molecule has 0 aromatic heterocycles. The molecule has 0 aliphatic heterocycles. The first-order valence-corrected chi connectivity index (χ1v) is 7.54. The smallest absolute Gasteiger partial charge is 0.0704 e. The second kappa shape index (κ2) is 10.6. The number of hydrogen-bond acceptors (Lipinski definition) is 2. The predicted octanol–water partition coefficient (Wildman–Crippen LogP) is 4.45. The fourth-order valence-corrected chi connectivity index (χ4v) is 1.92. The summed E-state index contributed by atoms with van der Waals surface area (Å²) in [6, 6.07) is 20.4. The van der Waals surface area contributed by atoms with Gasteiger partial charge < -0.3 is 9.47 Å². The monoisotopic (exact) mass is 294 g/mol. The highest BCUT2D eigenvalue weighted by molar-refractivity contribution is 5.49. The molecule has 2 nitrogen and oxygen atoms in total. The SMILES string of the molecule is C(=Cc1ccccc1)COCCOCC=Cc1ccccc1. The molecule has 2 heteroatoms. The molecule has 114 valence electrons. The average Bonchev–Trinajstić information content (AvgIpc) is 2.58. The summed E-state index contributed by atoms with van der Waals surface area (Å²) in [6.07, 6.45) is 8.15. The van der Waals surface area contributed by atoms with Crippen molar-refractivity contribution >= 4 is 12.2 Å². The summed E-state index contributed by atoms with van der Waals surface area (Å²) in [6.45, 7) is 2.44. The van der Waals surface area contributed by atoms with Gasteiger partial charge in [-0.25, -0.2) is 0 Å². The van der Waals surface area contributed by atoms with Crippen LogP contribution in [-0.4, -0.2) is 26.4 Å². The minimum atomic E-state index is 0.609. The zero-order valence-electron chi connectivity index (χ0n) is 12.7.